The minimum Gasteiger partial charge on any atom is -0.453 e. The molecule has 2 saturated heterocycles. The first-order valence-electron chi connectivity index (χ1n) is 16.5. The fourth-order valence-electron chi connectivity index (χ4n) is 6.63. The number of nitrogens with two attached hydrogens (primary N) is 1. The molecule has 0 radical (unpaired) electrons. The van der Waals surface area contributed by atoms with Crippen LogP contribution in [0.15, 0.2) is 60.9 Å². The third-order valence-corrected chi connectivity index (χ3v) is 9.20. The van der Waals surface area contributed by atoms with Crippen LogP contribution in [-0.4, -0.2) is 109 Å². The van der Waals surface area contributed by atoms with E-state index < -0.39 is 54.5 Å². The number of imidazole rings is 2. The third-order valence-electron chi connectivity index (χ3n) is 9.20. The number of ether oxygens (including phenoxy) is 2. The van der Waals surface area contributed by atoms with E-state index in [4.69, 9.17) is 10.5 Å². The summed E-state index contributed by atoms with van der Waals surface area (Å²) in [5.74, 6) is 0.233. The zero-order valence-electron chi connectivity index (χ0n) is 28.3. The molecule has 16 nitrogen and oxygen atoms in total. The van der Waals surface area contributed by atoms with E-state index in [9.17, 15) is 29.4 Å². The van der Waals surface area contributed by atoms with Crippen molar-refractivity contribution in [3.63, 3.8) is 0 Å². The van der Waals surface area contributed by atoms with Gasteiger partial charge in [-0.25, -0.2) is 19.6 Å². The second-order valence-electron chi connectivity index (χ2n) is 12.7. The highest BCUT2D eigenvalue weighted by Gasteiger charge is 2.40. The van der Waals surface area contributed by atoms with Crippen molar-refractivity contribution in [2.75, 3.05) is 20.2 Å². The monoisotopic (exact) mass is 700 g/mol. The van der Waals surface area contributed by atoms with Crippen LogP contribution in [0.25, 0.3) is 33.6 Å². The summed E-state index contributed by atoms with van der Waals surface area (Å²) in [6.07, 6.45) is -0.354. The molecule has 2 aromatic heterocycles. The largest absolute Gasteiger partial charge is 0.453 e. The van der Waals surface area contributed by atoms with Gasteiger partial charge < -0.3 is 50.5 Å². The summed E-state index contributed by atoms with van der Waals surface area (Å²) in [4.78, 5) is 67.3. The number of β-amino-alcohol motifs (C(OH)–C–C–N with tert-alkyl or cyclic N) is 2. The lowest BCUT2D eigenvalue weighted by Gasteiger charge is -2.26. The van der Waals surface area contributed by atoms with Crippen molar-refractivity contribution in [3.05, 3.63) is 72.6 Å². The number of hydrogen-bond donors (Lipinski definition) is 6. The molecular formula is C35H40N8O8. The van der Waals surface area contributed by atoms with E-state index in [0.717, 1.165) is 33.6 Å². The van der Waals surface area contributed by atoms with Crippen molar-refractivity contribution < 1.29 is 38.9 Å². The molecule has 4 amide bonds. The predicted molar refractivity (Wildman–Crippen MR) is 182 cm³/mol. The number of aromatic amines is 2. The molecule has 0 saturated carbocycles. The Hall–Kier alpha value is -5.74. The second kappa shape index (κ2) is 14.6. The van der Waals surface area contributed by atoms with Gasteiger partial charge in [0, 0.05) is 25.9 Å². The van der Waals surface area contributed by atoms with Gasteiger partial charge in [0.15, 0.2) is 6.10 Å². The van der Waals surface area contributed by atoms with Crippen molar-refractivity contribution in [3.8, 4) is 33.6 Å². The van der Waals surface area contributed by atoms with E-state index in [0.29, 0.717) is 18.1 Å². The summed E-state index contributed by atoms with van der Waals surface area (Å²) in [6, 6.07) is 14.0. The first-order chi connectivity index (χ1) is 24.4. The first-order valence-corrected chi connectivity index (χ1v) is 16.5. The Bertz CT molecular complexity index is 1890. The van der Waals surface area contributed by atoms with Gasteiger partial charge in [-0.15, -0.1) is 0 Å². The van der Waals surface area contributed by atoms with E-state index in [2.05, 4.69) is 30.0 Å². The molecule has 4 aromatic rings. The fraction of sp³-hybridized carbons (Fsp3) is 0.371. The minimum atomic E-state index is -1.09. The summed E-state index contributed by atoms with van der Waals surface area (Å²) in [7, 11) is 1.22. The number of amides is 4. The van der Waals surface area contributed by atoms with Crippen molar-refractivity contribution in [2.24, 2.45) is 5.73 Å². The van der Waals surface area contributed by atoms with Gasteiger partial charge >= 0.3 is 12.2 Å². The number of primary amides is 1. The Morgan fingerprint density at radius 2 is 1.22 bits per heavy atom. The maximum absolute atomic E-state index is 13.1. The Balaban J connectivity index is 1.11. The number of rotatable bonds is 9. The molecule has 2 aliphatic rings. The number of aliphatic hydroxyl groups is 2. The maximum atomic E-state index is 13.1. The molecule has 51 heavy (non-hydrogen) atoms. The molecule has 4 heterocycles. The normalized spacial score (nSPS) is 21.3. The highest BCUT2D eigenvalue weighted by atomic mass is 16.6. The van der Waals surface area contributed by atoms with Gasteiger partial charge in [-0.1, -0.05) is 48.5 Å². The lowest BCUT2D eigenvalue weighted by atomic mass is 10.0. The number of aliphatic hydroxyl groups excluding tert-OH is 2. The summed E-state index contributed by atoms with van der Waals surface area (Å²) in [5.41, 5.74) is 10.3. The van der Waals surface area contributed by atoms with Crippen LogP contribution in [0, 0.1) is 0 Å². The molecule has 0 unspecified atom stereocenters. The van der Waals surface area contributed by atoms with Gasteiger partial charge in [-0.3, -0.25) is 9.59 Å². The van der Waals surface area contributed by atoms with Crippen molar-refractivity contribution in [1.82, 2.24) is 35.1 Å². The average Bonchev–Trinajstić information content (AvgIpc) is 3.94. The van der Waals surface area contributed by atoms with E-state index in [1.54, 1.807) is 19.3 Å². The lowest BCUT2D eigenvalue weighted by molar-refractivity contribution is -0.140. The van der Waals surface area contributed by atoms with Gasteiger partial charge in [0.2, 0.25) is 5.91 Å². The number of alkyl carbamates (subject to hydrolysis) is 1. The van der Waals surface area contributed by atoms with Crippen LogP contribution in [0.2, 0.25) is 0 Å². The smallest absolute Gasteiger partial charge is 0.407 e. The Morgan fingerprint density at radius 1 is 0.784 bits per heavy atom. The van der Waals surface area contributed by atoms with Crippen LogP contribution in [0.5, 0.6) is 0 Å². The highest BCUT2D eigenvalue weighted by molar-refractivity contribution is 5.86. The molecule has 2 fully saturated rings. The summed E-state index contributed by atoms with van der Waals surface area (Å²) in [5, 5.41) is 23.1. The van der Waals surface area contributed by atoms with Gasteiger partial charge in [-0.05, 0) is 36.1 Å². The number of benzene rings is 2. The Morgan fingerprint density at radius 3 is 1.65 bits per heavy atom. The number of likely N-dealkylation sites (tertiary alicyclic amines) is 2. The number of nitrogens with zero attached hydrogens (tertiary/aromatic N) is 4. The quantitative estimate of drug-likeness (QED) is 0.150. The number of methoxy groups -OCH3 is 1. The highest BCUT2D eigenvalue weighted by Crippen LogP contribution is 2.35. The predicted octanol–water partition coefficient (Wildman–Crippen LogP) is 2.63. The molecule has 2 aliphatic heterocycles. The van der Waals surface area contributed by atoms with Gasteiger partial charge in [0.25, 0.3) is 5.91 Å². The van der Waals surface area contributed by atoms with Crippen LogP contribution in [0.4, 0.5) is 9.59 Å². The van der Waals surface area contributed by atoms with E-state index in [1.165, 1.54) is 23.8 Å². The van der Waals surface area contributed by atoms with Crippen LogP contribution < -0.4 is 11.1 Å². The molecule has 16 heteroatoms. The second-order valence-corrected chi connectivity index (χ2v) is 12.7. The molecule has 2 aromatic carbocycles. The average molecular weight is 701 g/mol. The van der Waals surface area contributed by atoms with Crippen LogP contribution >= 0.6 is 0 Å². The number of nitrogens with one attached hydrogen (secondary N) is 3. The Labute approximate surface area is 293 Å². The van der Waals surface area contributed by atoms with Crippen molar-refractivity contribution in [2.45, 2.75) is 63.1 Å². The molecule has 0 bridgehead atoms. The molecule has 7 N–H and O–H groups in total. The number of carbonyl (C=O) groups excluding carboxylic acids is 4. The Kier molecular flexibility index (Phi) is 10.1. The number of hydrogen-bond acceptors (Lipinski definition) is 10. The number of H-pyrrole nitrogens is 2. The molecular weight excluding hydrogens is 660 g/mol. The number of aromatic nitrogens is 4. The molecule has 6 rings (SSSR count). The molecule has 0 aliphatic carbocycles. The van der Waals surface area contributed by atoms with E-state index in [-0.39, 0.29) is 25.4 Å². The first kappa shape index (κ1) is 35.1. The van der Waals surface area contributed by atoms with Crippen LogP contribution in [0.1, 0.15) is 50.4 Å². The topological polar surface area (TPSA) is 229 Å². The molecule has 268 valence electrons. The lowest BCUT2D eigenvalue weighted by Crippen LogP contribution is -2.47. The third kappa shape index (κ3) is 7.56. The van der Waals surface area contributed by atoms with E-state index in [1.807, 2.05) is 48.5 Å². The van der Waals surface area contributed by atoms with Crippen LogP contribution in [-0.2, 0) is 19.1 Å². The summed E-state index contributed by atoms with van der Waals surface area (Å²) < 4.78 is 9.45. The van der Waals surface area contributed by atoms with Gasteiger partial charge in [0.05, 0.1) is 55.2 Å². The minimum absolute atomic E-state index is 0.0856. The SMILES string of the molecule is COC(=O)N[C@@H](C)C(=O)N1C[C@@H](O)C[C@H]1c1ncc(-c2ccc(-c3ccc(-c4cnc([C@@H]5C[C@H](O)CN5C(=O)[C@H](C)OC(N)=O)[nH]4)cc3)cc2)[nH]1. The maximum Gasteiger partial charge on any atom is 0.407 e. The summed E-state index contributed by atoms with van der Waals surface area (Å²) in [6.45, 7) is 3.21. The van der Waals surface area contributed by atoms with Crippen molar-refractivity contribution >= 4 is 24.0 Å². The standard InChI is InChI=1S/C35H40N8O8/c1-18(39-35(49)50-3)32(46)42-16-24(44)12-28(42)30-37-14-26(40-30)22-8-4-20(5-9-22)21-6-10-23(11-7-21)27-15-38-31(41-27)29-13-25(45)17-43(29)33(47)19(2)51-34(36)48/h4-11,14-15,18-19,24-25,28-29,44-45H,12-13,16-17H2,1-3H3,(H2,36,48)(H,37,40)(H,38,41)(H,39,49)/t18-,19-,24-,25-,28-,29-/m0/s1. The number of carbonyl (C=O) groups is 4. The van der Waals surface area contributed by atoms with E-state index >= 15 is 0 Å². The zero-order chi connectivity index (χ0) is 36.4. The summed E-state index contributed by atoms with van der Waals surface area (Å²) >= 11 is 0. The van der Waals surface area contributed by atoms with Gasteiger partial charge in [0.1, 0.15) is 17.7 Å². The van der Waals surface area contributed by atoms with Crippen molar-refractivity contribution in [1.29, 1.82) is 0 Å². The van der Waals surface area contributed by atoms with Gasteiger partial charge in [-0.2, -0.15) is 0 Å². The molecule has 0 spiro atoms. The molecule has 6 atom stereocenters. The zero-order valence-corrected chi connectivity index (χ0v) is 28.3. The van der Waals surface area contributed by atoms with Crippen LogP contribution in [0.3, 0.4) is 0 Å². The fourth-order valence-corrected chi connectivity index (χ4v) is 6.63.